The van der Waals surface area contributed by atoms with E-state index in [1.165, 1.54) is 19.0 Å². The minimum absolute atomic E-state index is 0. The standard InChI is InChI=1S/C9H7NO.Ga.H2O/c11-8-5-1-3-7-4-2-6-10-9(7)8;;/h1-6,11H;;1H2/q;+1;/p-1. The first-order chi connectivity index (χ1) is 5.92. The van der Waals surface area contributed by atoms with Crippen molar-refractivity contribution in [2.24, 2.45) is 0 Å². The first-order valence-corrected chi connectivity index (χ1v) is 4.61. The average Bonchev–Trinajstić information content (AvgIpc) is 2.17. The van der Waals surface area contributed by atoms with Crippen LogP contribution in [0, 0.1) is 0 Å². The van der Waals surface area contributed by atoms with Crippen molar-refractivity contribution in [3.05, 3.63) is 36.5 Å². The molecule has 0 unspecified atom stereocenters. The number of aromatic nitrogens is 1. The van der Waals surface area contributed by atoms with Crippen molar-refractivity contribution in [3.8, 4) is 5.75 Å². The molecule has 0 fully saturated rings. The van der Waals surface area contributed by atoms with Crippen LogP contribution in [0.25, 0.3) is 10.9 Å². The summed E-state index contributed by atoms with van der Waals surface area (Å²) in [4.78, 5) is 4.24. The second kappa shape index (κ2) is 4.32. The Kier molecular flexibility index (Phi) is 3.36. The number of hydrogen-bond donors (Lipinski definition) is 0. The van der Waals surface area contributed by atoms with Crippen LogP contribution in [0.4, 0.5) is 0 Å². The molecule has 1 heterocycles. The molecule has 1 aromatic heterocycles. The molecule has 2 radical (unpaired) electrons. The van der Waals surface area contributed by atoms with Gasteiger partial charge in [0.15, 0.2) is 0 Å². The van der Waals surface area contributed by atoms with Crippen LogP contribution in [0.15, 0.2) is 36.5 Å². The van der Waals surface area contributed by atoms with Gasteiger partial charge in [0.2, 0.25) is 0 Å². The molecule has 0 aliphatic heterocycles. The van der Waals surface area contributed by atoms with E-state index in [-0.39, 0.29) is 5.48 Å². The summed E-state index contributed by atoms with van der Waals surface area (Å²) in [5.74, 6) is 0.855. The van der Waals surface area contributed by atoms with Crippen LogP contribution < -0.4 is 3.53 Å². The summed E-state index contributed by atoms with van der Waals surface area (Å²) >= 11 is 1.23. The zero-order valence-electron chi connectivity index (χ0n) is 6.90. The van der Waals surface area contributed by atoms with Crippen LogP contribution in [-0.2, 0) is 0 Å². The normalized spacial score (nSPS) is 9.23. The van der Waals surface area contributed by atoms with Gasteiger partial charge in [-0.25, -0.2) is 0 Å². The molecule has 0 aliphatic carbocycles. The second-order valence-corrected chi connectivity index (χ2v) is 2.94. The Bertz CT molecular complexity index is 400. The maximum absolute atomic E-state index is 5.23. The molecule has 2 N–H and O–H groups in total. The molecule has 13 heavy (non-hydrogen) atoms. The van der Waals surface area contributed by atoms with Crippen molar-refractivity contribution in [2.75, 3.05) is 0 Å². The van der Waals surface area contributed by atoms with Gasteiger partial charge in [-0.3, -0.25) is 0 Å². The second-order valence-electron chi connectivity index (χ2n) is 2.45. The number of hydrogen-bond acceptors (Lipinski definition) is 2. The van der Waals surface area contributed by atoms with E-state index in [4.69, 9.17) is 3.53 Å². The first-order valence-electron chi connectivity index (χ1n) is 3.62. The maximum atomic E-state index is 5.23. The number of rotatable bonds is 1. The van der Waals surface area contributed by atoms with E-state index in [0.29, 0.717) is 0 Å². The van der Waals surface area contributed by atoms with Gasteiger partial charge in [-0.1, -0.05) is 0 Å². The van der Waals surface area contributed by atoms with Crippen LogP contribution in [0.5, 0.6) is 5.75 Å². The van der Waals surface area contributed by atoms with Crippen molar-refractivity contribution in [1.82, 2.24) is 4.98 Å². The van der Waals surface area contributed by atoms with Gasteiger partial charge in [0.25, 0.3) is 0 Å². The van der Waals surface area contributed by atoms with Gasteiger partial charge >= 0.3 is 80.7 Å². The predicted molar refractivity (Wildman–Crippen MR) is 51.7 cm³/mol. The number of benzene rings is 1. The molecule has 0 amide bonds. The fourth-order valence-electron chi connectivity index (χ4n) is 1.17. The Morgan fingerprint density at radius 2 is 1.92 bits per heavy atom. The van der Waals surface area contributed by atoms with E-state index in [9.17, 15) is 0 Å². The Labute approximate surface area is 86.4 Å². The summed E-state index contributed by atoms with van der Waals surface area (Å²) in [6, 6.07) is 9.87. The Balaban J connectivity index is 0.000000845. The zero-order valence-corrected chi connectivity index (χ0v) is 9.32. The molecule has 0 saturated carbocycles. The Hall–Kier alpha value is -0.974. The summed E-state index contributed by atoms with van der Waals surface area (Å²) in [5.41, 5.74) is 0.935. The number of fused-ring (bicyclic) bond motifs is 1. The van der Waals surface area contributed by atoms with Crippen molar-refractivity contribution >= 4 is 29.9 Å². The summed E-state index contributed by atoms with van der Waals surface area (Å²) < 4.78 is 5.23. The predicted octanol–water partition coefficient (Wildman–Crippen LogP) is 0.872. The summed E-state index contributed by atoms with van der Waals surface area (Å²) in [6.07, 6.45) is 1.78. The van der Waals surface area contributed by atoms with E-state index in [2.05, 4.69) is 4.98 Å². The number of nitrogens with zero attached hydrogens (tertiary/aromatic N) is 1. The fourth-order valence-corrected chi connectivity index (χ4v) is 1.57. The topological polar surface area (TPSA) is 53.6 Å². The molecule has 0 saturated heterocycles. The van der Waals surface area contributed by atoms with Crippen molar-refractivity contribution in [2.45, 2.75) is 0 Å². The third-order valence-electron chi connectivity index (χ3n) is 1.72. The van der Waals surface area contributed by atoms with Crippen molar-refractivity contribution in [1.29, 1.82) is 0 Å². The van der Waals surface area contributed by atoms with E-state index < -0.39 is 0 Å². The van der Waals surface area contributed by atoms with Gasteiger partial charge in [-0.15, -0.1) is 0 Å². The molecule has 2 aromatic rings. The molecule has 0 aliphatic rings. The van der Waals surface area contributed by atoms with Gasteiger partial charge in [0.05, 0.1) is 0 Å². The summed E-state index contributed by atoms with van der Waals surface area (Å²) in [6.45, 7) is 0. The van der Waals surface area contributed by atoms with E-state index in [1.54, 1.807) is 6.20 Å². The van der Waals surface area contributed by atoms with Crippen LogP contribution in [0.1, 0.15) is 0 Å². The zero-order chi connectivity index (χ0) is 8.39. The van der Waals surface area contributed by atoms with Gasteiger partial charge in [-0.05, 0) is 0 Å². The molecule has 1 aromatic carbocycles. The van der Waals surface area contributed by atoms with E-state index in [1.807, 2.05) is 30.3 Å². The van der Waals surface area contributed by atoms with Gasteiger partial charge in [0, 0.05) is 0 Å². The molecular formula is C9H8GaNO2. The minimum atomic E-state index is 0. The van der Waals surface area contributed by atoms with Crippen molar-refractivity contribution in [3.63, 3.8) is 0 Å². The fraction of sp³-hybridized carbons (Fsp3) is 0. The van der Waals surface area contributed by atoms with Crippen LogP contribution >= 0.6 is 0 Å². The third kappa shape index (κ3) is 1.85. The first kappa shape index (κ1) is 10.1. The van der Waals surface area contributed by atoms with E-state index in [0.717, 1.165) is 16.7 Å². The molecular weight excluding hydrogens is 224 g/mol. The third-order valence-corrected chi connectivity index (χ3v) is 2.26. The Morgan fingerprint density at radius 1 is 1.15 bits per heavy atom. The van der Waals surface area contributed by atoms with E-state index >= 15 is 0 Å². The SMILES string of the molecule is O.[Ga][O]c1cccc2cccnc12. The van der Waals surface area contributed by atoms with Gasteiger partial charge in [0.1, 0.15) is 0 Å². The van der Waals surface area contributed by atoms with Gasteiger partial charge < -0.3 is 5.48 Å². The van der Waals surface area contributed by atoms with Crippen LogP contribution in [-0.4, -0.2) is 29.4 Å². The molecule has 3 nitrogen and oxygen atoms in total. The van der Waals surface area contributed by atoms with Crippen LogP contribution in [0.2, 0.25) is 0 Å². The van der Waals surface area contributed by atoms with Crippen molar-refractivity contribution < 1.29 is 9.01 Å². The molecule has 64 valence electrons. The average molecular weight is 232 g/mol. The molecule has 0 spiro atoms. The molecule has 4 heteroatoms. The molecule has 0 atom stereocenters. The quantitative estimate of drug-likeness (QED) is 0.685. The molecule has 2 rings (SSSR count). The monoisotopic (exact) mass is 231 g/mol. The summed E-state index contributed by atoms with van der Waals surface area (Å²) in [5, 5.41) is 1.12. The number of pyridine rings is 1. The van der Waals surface area contributed by atoms with Gasteiger partial charge in [-0.2, -0.15) is 0 Å². The summed E-state index contributed by atoms with van der Waals surface area (Å²) in [7, 11) is 0. The van der Waals surface area contributed by atoms with Crippen LogP contribution in [0.3, 0.4) is 0 Å². The number of para-hydroxylation sites is 1. The Morgan fingerprint density at radius 3 is 2.69 bits per heavy atom. The molecule has 0 bridgehead atoms.